The zero-order valence-corrected chi connectivity index (χ0v) is 15.1. The first-order chi connectivity index (χ1) is 12.2. The Labute approximate surface area is 147 Å². The third-order valence-electron chi connectivity index (χ3n) is 4.10. The Morgan fingerprint density at radius 3 is 3.08 bits per heavy atom. The summed E-state index contributed by atoms with van der Waals surface area (Å²) >= 11 is 0. The van der Waals surface area contributed by atoms with Gasteiger partial charge in [0.1, 0.15) is 17.7 Å². The van der Waals surface area contributed by atoms with E-state index in [-0.39, 0.29) is 6.10 Å². The van der Waals surface area contributed by atoms with Gasteiger partial charge in [-0.1, -0.05) is 13.3 Å². The largest absolute Gasteiger partial charge is 0.383 e. The predicted octanol–water partition coefficient (Wildman–Crippen LogP) is 0.948. The fraction of sp³-hybridized carbons (Fsp3) is 0.688. The van der Waals surface area contributed by atoms with E-state index in [4.69, 9.17) is 9.47 Å². The van der Waals surface area contributed by atoms with Crippen LogP contribution < -0.4 is 4.90 Å². The monoisotopic (exact) mass is 347 g/mol. The molecule has 2 aromatic rings. The maximum atomic E-state index is 5.87. The van der Waals surface area contributed by atoms with Crippen LogP contribution in [0.15, 0.2) is 6.20 Å². The lowest BCUT2D eigenvalue weighted by Gasteiger charge is -2.33. The highest BCUT2D eigenvalue weighted by molar-refractivity contribution is 5.47. The molecule has 1 aliphatic heterocycles. The standard InChI is InChI=1S/C16H25N7O2/c1-4-5-13-10-17-12(2)18-16(13)22-6-9-25-14(11-22)15-19-21-23(20-15)7-8-24-3/h10,14H,4-9,11H2,1-3H3. The van der Waals surface area contributed by atoms with Gasteiger partial charge >= 0.3 is 0 Å². The first-order valence-corrected chi connectivity index (χ1v) is 8.67. The average molecular weight is 347 g/mol. The second kappa shape index (κ2) is 8.30. The lowest BCUT2D eigenvalue weighted by molar-refractivity contribution is 0.0334. The van der Waals surface area contributed by atoms with Crippen molar-refractivity contribution < 1.29 is 9.47 Å². The van der Waals surface area contributed by atoms with E-state index >= 15 is 0 Å². The molecular weight excluding hydrogens is 322 g/mol. The van der Waals surface area contributed by atoms with Crippen molar-refractivity contribution in [1.82, 2.24) is 30.2 Å². The van der Waals surface area contributed by atoms with Crippen molar-refractivity contribution in [3.8, 4) is 0 Å². The number of tetrazole rings is 1. The number of hydrogen-bond acceptors (Lipinski definition) is 8. The van der Waals surface area contributed by atoms with Crippen LogP contribution in [0.5, 0.6) is 0 Å². The first-order valence-electron chi connectivity index (χ1n) is 8.67. The summed E-state index contributed by atoms with van der Waals surface area (Å²) in [6.45, 7) is 7.25. The Morgan fingerprint density at radius 2 is 2.28 bits per heavy atom. The van der Waals surface area contributed by atoms with Gasteiger partial charge in [-0.2, -0.15) is 4.80 Å². The second-order valence-electron chi connectivity index (χ2n) is 6.06. The number of anilines is 1. The summed E-state index contributed by atoms with van der Waals surface area (Å²) in [6, 6.07) is 0. The molecule has 1 fully saturated rings. The van der Waals surface area contributed by atoms with E-state index in [0.29, 0.717) is 32.1 Å². The Bertz CT molecular complexity index is 691. The molecule has 0 bridgehead atoms. The van der Waals surface area contributed by atoms with Crippen molar-refractivity contribution in [2.24, 2.45) is 0 Å². The van der Waals surface area contributed by atoms with E-state index in [2.05, 4.69) is 37.2 Å². The van der Waals surface area contributed by atoms with Crippen LogP contribution in [0.2, 0.25) is 0 Å². The van der Waals surface area contributed by atoms with Crippen molar-refractivity contribution >= 4 is 5.82 Å². The maximum absolute atomic E-state index is 5.87. The van der Waals surface area contributed by atoms with Gasteiger partial charge in [-0.15, -0.1) is 10.2 Å². The Balaban J connectivity index is 1.75. The zero-order chi connectivity index (χ0) is 17.6. The number of ether oxygens (including phenoxy) is 2. The Morgan fingerprint density at radius 1 is 1.40 bits per heavy atom. The molecule has 0 radical (unpaired) electrons. The maximum Gasteiger partial charge on any atom is 0.205 e. The fourth-order valence-electron chi connectivity index (χ4n) is 2.85. The van der Waals surface area contributed by atoms with Crippen molar-refractivity contribution in [2.75, 3.05) is 38.3 Å². The molecule has 2 aromatic heterocycles. The van der Waals surface area contributed by atoms with Gasteiger partial charge in [-0.05, 0) is 18.6 Å². The summed E-state index contributed by atoms with van der Waals surface area (Å²) in [5.41, 5.74) is 1.17. The molecule has 0 aliphatic carbocycles. The SMILES string of the molecule is CCCc1cnc(C)nc1N1CCOC(c2nnn(CCOC)n2)C1. The number of aryl methyl sites for hydroxylation is 2. The zero-order valence-electron chi connectivity index (χ0n) is 15.1. The van der Waals surface area contributed by atoms with E-state index in [1.807, 2.05) is 13.1 Å². The van der Waals surface area contributed by atoms with Gasteiger partial charge in [0.25, 0.3) is 0 Å². The topological polar surface area (TPSA) is 91.1 Å². The lowest BCUT2D eigenvalue weighted by Crippen LogP contribution is -2.40. The molecule has 0 saturated carbocycles. The predicted molar refractivity (Wildman–Crippen MR) is 91.4 cm³/mol. The number of aromatic nitrogens is 6. The smallest absolute Gasteiger partial charge is 0.205 e. The normalized spacial score (nSPS) is 17.9. The molecule has 0 amide bonds. The minimum Gasteiger partial charge on any atom is -0.383 e. The molecule has 1 aliphatic rings. The van der Waals surface area contributed by atoms with Crippen molar-refractivity contribution in [3.05, 3.63) is 23.4 Å². The summed E-state index contributed by atoms with van der Waals surface area (Å²) < 4.78 is 10.9. The minimum absolute atomic E-state index is 0.213. The van der Waals surface area contributed by atoms with Crippen LogP contribution in [0.3, 0.4) is 0 Å². The molecule has 1 unspecified atom stereocenters. The van der Waals surface area contributed by atoms with Crippen LogP contribution in [0.25, 0.3) is 0 Å². The summed E-state index contributed by atoms with van der Waals surface area (Å²) in [4.78, 5) is 12.8. The molecule has 9 nitrogen and oxygen atoms in total. The van der Waals surface area contributed by atoms with Crippen LogP contribution in [0, 0.1) is 6.92 Å². The quantitative estimate of drug-likeness (QED) is 0.731. The van der Waals surface area contributed by atoms with E-state index in [0.717, 1.165) is 31.0 Å². The number of hydrogen-bond donors (Lipinski definition) is 0. The van der Waals surface area contributed by atoms with Crippen LogP contribution >= 0.6 is 0 Å². The number of morpholine rings is 1. The fourth-order valence-corrected chi connectivity index (χ4v) is 2.85. The van der Waals surface area contributed by atoms with Gasteiger partial charge in [0.05, 0.1) is 26.3 Å². The third kappa shape index (κ3) is 4.29. The van der Waals surface area contributed by atoms with E-state index < -0.39 is 0 Å². The van der Waals surface area contributed by atoms with Crippen LogP contribution in [-0.2, 0) is 22.4 Å². The number of nitrogens with zero attached hydrogens (tertiary/aromatic N) is 7. The van der Waals surface area contributed by atoms with Crippen molar-refractivity contribution in [2.45, 2.75) is 39.3 Å². The molecule has 3 heterocycles. The van der Waals surface area contributed by atoms with Gasteiger partial charge in [-0.25, -0.2) is 9.97 Å². The highest BCUT2D eigenvalue weighted by atomic mass is 16.5. The molecule has 1 atom stereocenters. The minimum atomic E-state index is -0.213. The van der Waals surface area contributed by atoms with Gasteiger partial charge in [0.15, 0.2) is 0 Å². The van der Waals surface area contributed by atoms with Gasteiger partial charge < -0.3 is 14.4 Å². The highest BCUT2D eigenvalue weighted by Gasteiger charge is 2.28. The summed E-state index contributed by atoms with van der Waals surface area (Å²) in [5.74, 6) is 2.37. The van der Waals surface area contributed by atoms with Gasteiger partial charge in [0, 0.05) is 25.4 Å². The van der Waals surface area contributed by atoms with E-state index in [1.54, 1.807) is 11.9 Å². The van der Waals surface area contributed by atoms with E-state index in [9.17, 15) is 0 Å². The van der Waals surface area contributed by atoms with Gasteiger partial charge in [0.2, 0.25) is 5.82 Å². The molecule has 1 saturated heterocycles. The van der Waals surface area contributed by atoms with Gasteiger partial charge in [-0.3, -0.25) is 0 Å². The molecule has 0 N–H and O–H groups in total. The van der Waals surface area contributed by atoms with Crippen LogP contribution in [-0.4, -0.2) is 63.6 Å². The van der Waals surface area contributed by atoms with Crippen molar-refractivity contribution in [3.63, 3.8) is 0 Å². The first kappa shape index (κ1) is 17.7. The van der Waals surface area contributed by atoms with Crippen LogP contribution in [0.1, 0.15) is 36.7 Å². The Kier molecular flexibility index (Phi) is 5.87. The lowest BCUT2D eigenvalue weighted by atomic mass is 10.1. The summed E-state index contributed by atoms with van der Waals surface area (Å²) in [6.07, 6.45) is 3.74. The highest BCUT2D eigenvalue weighted by Crippen LogP contribution is 2.25. The summed E-state index contributed by atoms with van der Waals surface area (Å²) in [7, 11) is 1.65. The van der Waals surface area contributed by atoms with Crippen LogP contribution in [0.4, 0.5) is 5.82 Å². The second-order valence-corrected chi connectivity index (χ2v) is 6.06. The average Bonchev–Trinajstić information content (AvgIpc) is 3.11. The van der Waals surface area contributed by atoms with E-state index in [1.165, 1.54) is 5.56 Å². The number of methoxy groups -OCH3 is 1. The number of rotatable bonds is 7. The van der Waals surface area contributed by atoms with Crippen molar-refractivity contribution in [1.29, 1.82) is 0 Å². The molecular formula is C16H25N7O2. The molecule has 25 heavy (non-hydrogen) atoms. The third-order valence-corrected chi connectivity index (χ3v) is 4.10. The Hall–Kier alpha value is -2.13. The molecule has 0 spiro atoms. The molecule has 0 aromatic carbocycles. The summed E-state index contributed by atoms with van der Waals surface area (Å²) in [5, 5.41) is 12.6. The molecule has 3 rings (SSSR count). The molecule has 136 valence electrons. The molecule has 9 heteroatoms.